The van der Waals surface area contributed by atoms with Gasteiger partial charge in [-0.05, 0) is 56.2 Å². The quantitative estimate of drug-likeness (QED) is 0.522. The Kier molecular flexibility index (Phi) is 4.98. The smallest absolute Gasteiger partial charge is 0.271 e. The molecular formula is C21H19ClN4O3. The standard InChI is InChI=1S/C21H19ClN4O3/c1-12-4-5-13(2)17(8-12)26-20(22)16(14(3)25-26)10-23-24-21(27)15-6-7-18-19(9-15)29-11-28-18/h4-10H,11H2,1-3H3,(H,24,27)/b23-10-. The Morgan fingerprint density at radius 1 is 1.17 bits per heavy atom. The van der Waals surface area contributed by atoms with E-state index < -0.39 is 0 Å². The number of halogens is 1. The van der Waals surface area contributed by atoms with Crippen molar-refractivity contribution in [3.8, 4) is 17.2 Å². The van der Waals surface area contributed by atoms with Gasteiger partial charge in [0.25, 0.3) is 5.91 Å². The molecule has 0 atom stereocenters. The molecule has 1 aliphatic rings. The van der Waals surface area contributed by atoms with Crippen molar-refractivity contribution in [3.63, 3.8) is 0 Å². The summed E-state index contributed by atoms with van der Waals surface area (Å²) in [6.45, 7) is 6.01. The molecule has 3 aromatic rings. The Labute approximate surface area is 172 Å². The van der Waals surface area contributed by atoms with Gasteiger partial charge in [0.2, 0.25) is 6.79 Å². The number of carbonyl (C=O) groups excluding carboxylic acids is 1. The molecule has 1 aliphatic heterocycles. The predicted octanol–water partition coefficient (Wildman–Crippen LogP) is 3.94. The van der Waals surface area contributed by atoms with Crippen LogP contribution in [0.3, 0.4) is 0 Å². The van der Waals surface area contributed by atoms with E-state index in [0.717, 1.165) is 16.8 Å². The third-order valence-corrected chi connectivity index (χ3v) is 5.00. The highest BCUT2D eigenvalue weighted by atomic mass is 35.5. The molecule has 1 N–H and O–H groups in total. The summed E-state index contributed by atoms with van der Waals surface area (Å²) in [5.74, 6) is 0.789. The third kappa shape index (κ3) is 3.69. The van der Waals surface area contributed by atoms with Crippen molar-refractivity contribution in [1.82, 2.24) is 15.2 Å². The molecule has 2 heterocycles. The first-order valence-electron chi connectivity index (χ1n) is 9.00. The normalized spacial score (nSPS) is 12.6. The molecule has 1 aromatic heterocycles. The van der Waals surface area contributed by atoms with Gasteiger partial charge in [-0.25, -0.2) is 10.1 Å². The van der Waals surface area contributed by atoms with Crippen molar-refractivity contribution in [2.24, 2.45) is 5.10 Å². The van der Waals surface area contributed by atoms with E-state index in [1.54, 1.807) is 22.9 Å². The van der Waals surface area contributed by atoms with E-state index in [1.165, 1.54) is 6.21 Å². The van der Waals surface area contributed by atoms with Crippen LogP contribution in [0.1, 0.15) is 32.7 Å². The van der Waals surface area contributed by atoms with Gasteiger partial charge in [-0.15, -0.1) is 0 Å². The van der Waals surface area contributed by atoms with Crippen molar-refractivity contribution >= 4 is 23.7 Å². The van der Waals surface area contributed by atoms with Crippen molar-refractivity contribution < 1.29 is 14.3 Å². The van der Waals surface area contributed by atoms with E-state index in [0.29, 0.717) is 33.5 Å². The molecular weight excluding hydrogens is 392 g/mol. The lowest BCUT2D eigenvalue weighted by Gasteiger charge is -2.08. The molecule has 29 heavy (non-hydrogen) atoms. The second-order valence-electron chi connectivity index (χ2n) is 6.76. The molecule has 0 radical (unpaired) electrons. The van der Waals surface area contributed by atoms with Gasteiger partial charge < -0.3 is 9.47 Å². The van der Waals surface area contributed by atoms with E-state index >= 15 is 0 Å². The molecule has 0 saturated heterocycles. The maximum atomic E-state index is 12.3. The Morgan fingerprint density at radius 2 is 1.97 bits per heavy atom. The van der Waals surface area contributed by atoms with Crippen molar-refractivity contribution in [2.45, 2.75) is 20.8 Å². The number of nitrogens with one attached hydrogen (secondary N) is 1. The number of hydrogen-bond acceptors (Lipinski definition) is 5. The number of aromatic nitrogens is 2. The van der Waals surface area contributed by atoms with Crippen LogP contribution in [0.2, 0.25) is 5.15 Å². The molecule has 8 heteroatoms. The average Bonchev–Trinajstić information content (AvgIpc) is 3.28. The second-order valence-corrected chi connectivity index (χ2v) is 7.12. The molecule has 0 aliphatic carbocycles. The number of rotatable bonds is 4. The summed E-state index contributed by atoms with van der Waals surface area (Å²) in [5, 5.41) is 9.00. The highest BCUT2D eigenvalue weighted by Crippen LogP contribution is 2.32. The second kappa shape index (κ2) is 7.60. The van der Waals surface area contributed by atoms with E-state index in [1.807, 2.05) is 39.0 Å². The summed E-state index contributed by atoms with van der Waals surface area (Å²) in [6.07, 6.45) is 1.50. The van der Waals surface area contributed by atoms with Gasteiger partial charge in [-0.1, -0.05) is 23.7 Å². The summed E-state index contributed by atoms with van der Waals surface area (Å²) < 4.78 is 12.2. The minimum atomic E-state index is -0.366. The average molecular weight is 411 g/mol. The van der Waals surface area contributed by atoms with Crippen LogP contribution < -0.4 is 14.9 Å². The van der Waals surface area contributed by atoms with Crippen LogP contribution in [0.4, 0.5) is 0 Å². The fraction of sp³-hybridized carbons (Fsp3) is 0.190. The number of fused-ring (bicyclic) bond motifs is 1. The zero-order valence-corrected chi connectivity index (χ0v) is 16.9. The zero-order chi connectivity index (χ0) is 20.5. The zero-order valence-electron chi connectivity index (χ0n) is 16.2. The van der Waals surface area contributed by atoms with Crippen molar-refractivity contribution in [1.29, 1.82) is 0 Å². The summed E-state index contributed by atoms with van der Waals surface area (Å²) in [5.41, 5.74) is 7.33. The SMILES string of the molecule is Cc1ccc(C)c(-n2nc(C)c(/C=N\NC(=O)c3ccc4c(c3)OCO4)c2Cl)c1. The van der Waals surface area contributed by atoms with Crippen LogP contribution in [0, 0.1) is 20.8 Å². The van der Waals surface area contributed by atoms with Gasteiger partial charge in [-0.3, -0.25) is 4.79 Å². The number of amides is 1. The van der Waals surface area contributed by atoms with Crippen LogP contribution in [-0.4, -0.2) is 28.7 Å². The molecule has 0 bridgehead atoms. The molecule has 2 aromatic carbocycles. The third-order valence-electron chi connectivity index (χ3n) is 4.64. The largest absolute Gasteiger partial charge is 0.454 e. The van der Waals surface area contributed by atoms with Crippen LogP contribution in [0.15, 0.2) is 41.5 Å². The molecule has 0 fully saturated rings. The van der Waals surface area contributed by atoms with Crippen molar-refractivity contribution in [3.05, 3.63) is 69.5 Å². The van der Waals surface area contributed by atoms with Crippen molar-refractivity contribution in [2.75, 3.05) is 6.79 Å². The number of ether oxygens (including phenoxy) is 2. The monoisotopic (exact) mass is 410 g/mol. The molecule has 7 nitrogen and oxygen atoms in total. The summed E-state index contributed by atoms with van der Waals surface area (Å²) in [4.78, 5) is 12.3. The molecule has 0 spiro atoms. The van der Waals surface area contributed by atoms with Gasteiger partial charge in [-0.2, -0.15) is 10.2 Å². The molecule has 4 rings (SSSR count). The lowest BCUT2D eigenvalue weighted by atomic mass is 10.1. The van der Waals surface area contributed by atoms with E-state index in [9.17, 15) is 4.79 Å². The molecule has 148 valence electrons. The highest BCUT2D eigenvalue weighted by Gasteiger charge is 2.17. The number of benzene rings is 2. The van der Waals surface area contributed by atoms with Crippen LogP contribution in [0.5, 0.6) is 11.5 Å². The van der Waals surface area contributed by atoms with Crippen LogP contribution in [-0.2, 0) is 0 Å². The predicted molar refractivity (Wildman–Crippen MR) is 110 cm³/mol. The Balaban J connectivity index is 1.54. The van der Waals surface area contributed by atoms with Gasteiger partial charge >= 0.3 is 0 Å². The minimum absolute atomic E-state index is 0.154. The maximum absolute atomic E-state index is 12.3. The van der Waals surface area contributed by atoms with Crippen LogP contribution in [0.25, 0.3) is 5.69 Å². The first-order chi connectivity index (χ1) is 13.9. The topological polar surface area (TPSA) is 77.7 Å². The van der Waals surface area contributed by atoms with Gasteiger partial charge in [0.1, 0.15) is 5.15 Å². The number of hydrogen-bond donors (Lipinski definition) is 1. The number of aryl methyl sites for hydroxylation is 3. The molecule has 1 amide bonds. The van der Waals surface area contributed by atoms with Gasteiger partial charge in [0.05, 0.1) is 23.2 Å². The first-order valence-corrected chi connectivity index (χ1v) is 9.37. The minimum Gasteiger partial charge on any atom is -0.454 e. The number of carbonyl (C=O) groups is 1. The van der Waals surface area contributed by atoms with E-state index in [4.69, 9.17) is 21.1 Å². The van der Waals surface area contributed by atoms with Gasteiger partial charge in [0, 0.05) is 5.56 Å². The Morgan fingerprint density at radius 3 is 2.79 bits per heavy atom. The molecule has 0 saturated carbocycles. The Bertz CT molecular complexity index is 1140. The Hall–Kier alpha value is -3.32. The fourth-order valence-electron chi connectivity index (χ4n) is 3.02. The lowest BCUT2D eigenvalue weighted by Crippen LogP contribution is -2.17. The maximum Gasteiger partial charge on any atom is 0.271 e. The summed E-state index contributed by atoms with van der Waals surface area (Å²) >= 11 is 6.55. The van der Waals surface area contributed by atoms with E-state index in [-0.39, 0.29) is 12.7 Å². The van der Waals surface area contributed by atoms with Gasteiger partial charge in [0.15, 0.2) is 11.5 Å². The van der Waals surface area contributed by atoms with Crippen LogP contribution >= 0.6 is 11.6 Å². The summed E-state index contributed by atoms with van der Waals surface area (Å²) in [6, 6.07) is 11.0. The molecule has 0 unspecified atom stereocenters. The van der Waals surface area contributed by atoms with E-state index in [2.05, 4.69) is 15.6 Å². The lowest BCUT2D eigenvalue weighted by molar-refractivity contribution is 0.0954. The highest BCUT2D eigenvalue weighted by molar-refractivity contribution is 6.32. The fourth-order valence-corrected chi connectivity index (χ4v) is 3.34. The number of nitrogens with zero attached hydrogens (tertiary/aromatic N) is 3. The first kappa shape index (κ1) is 19.0. The summed E-state index contributed by atoms with van der Waals surface area (Å²) in [7, 11) is 0. The number of hydrazone groups is 1.